The van der Waals surface area contributed by atoms with E-state index in [1.54, 1.807) is 36.1 Å². The van der Waals surface area contributed by atoms with Crippen molar-refractivity contribution in [1.82, 2.24) is 10.2 Å². The van der Waals surface area contributed by atoms with Crippen LogP contribution in [0.2, 0.25) is 10.0 Å². The van der Waals surface area contributed by atoms with Crippen molar-refractivity contribution in [1.29, 1.82) is 0 Å². The van der Waals surface area contributed by atoms with Gasteiger partial charge in [0.2, 0.25) is 21.8 Å². The molecule has 2 aromatic carbocycles. The van der Waals surface area contributed by atoms with E-state index in [2.05, 4.69) is 5.32 Å². The Morgan fingerprint density at radius 1 is 1.00 bits per heavy atom. The van der Waals surface area contributed by atoms with Crippen molar-refractivity contribution in [3.63, 3.8) is 0 Å². The number of halogens is 2. The number of benzene rings is 2. The van der Waals surface area contributed by atoms with Crippen LogP contribution in [0.15, 0.2) is 42.5 Å². The Morgan fingerprint density at radius 3 is 2.30 bits per heavy atom. The van der Waals surface area contributed by atoms with Crippen molar-refractivity contribution >= 4 is 50.7 Å². The third kappa shape index (κ3) is 8.90. The molecule has 0 aliphatic heterocycles. The molecular weight excluding hydrogens is 533 g/mol. The van der Waals surface area contributed by atoms with Gasteiger partial charge >= 0.3 is 0 Å². The highest BCUT2D eigenvalue weighted by Crippen LogP contribution is 2.28. The summed E-state index contributed by atoms with van der Waals surface area (Å²) in [5, 5.41) is 3.91. The highest BCUT2D eigenvalue weighted by Gasteiger charge is 2.29. The number of nitrogens with zero attached hydrogens (tertiary/aromatic N) is 2. The number of anilines is 1. The van der Waals surface area contributed by atoms with E-state index in [0.717, 1.165) is 24.7 Å². The Morgan fingerprint density at radius 2 is 1.68 bits per heavy atom. The highest BCUT2D eigenvalue weighted by atomic mass is 35.5. The van der Waals surface area contributed by atoms with Crippen LogP contribution in [-0.4, -0.2) is 50.5 Å². The van der Waals surface area contributed by atoms with Gasteiger partial charge in [0.05, 0.1) is 11.9 Å². The molecule has 2 amide bonds. The zero-order chi connectivity index (χ0) is 27.6. The smallest absolute Gasteiger partial charge is 0.242 e. The van der Waals surface area contributed by atoms with Crippen LogP contribution in [0, 0.1) is 6.92 Å². The largest absolute Gasteiger partial charge is 0.354 e. The van der Waals surface area contributed by atoms with Crippen LogP contribution in [0.25, 0.3) is 0 Å². The predicted octanol–water partition coefficient (Wildman–Crippen LogP) is 5.57. The van der Waals surface area contributed by atoms with Gasteiger partial charge in [-0.25, -0.2) is 8.42 Å². The maximum Gasteiger partial charge on any atom is 0.242 e. The second-order valence-corrected chi connectivity index (χ2v) is 11.7. The van der Waals surface area contributed by atoms with Gasteiger partial charge in [0, 0.05) is 36.1 Å². The van der Waals surface area contributed by atoms with Crippen molar-refractivity contribution < 1.29 is 18.0 Å². The molecule has 0 bridgehead atoms. The SMILES string of the molecule is CCCCNC(=O)C(CC)N(Cc1ccccc1Cl)C(=O)CCCN(c1cccc(Cl)c1C)S(C)(=O)=O. The Bertz CT molecular complexity index is 1170. The average molecular weight is 571 g/mol. The monoisotopic (exact) mass is 569 g/mol. The number of rotatable bonds is 14. The number of unbranched alkanes of at least 4 members (excludes halogenated alkanes) is 1. The molecule has 1 atom stereocenters. The van der Waals surface area contributed by atoms with Crippen LogP contribution in [-0.2, 0) is 26.2 Å². The fourth-order valence-corrected chi connectivity index (χ4v) is 5.47. The minimum Gasteiger partial charge on any atom is -0.354 e. The molecule has 0 aliphatic carbocycles. The lowest BCUT2D eigenvalue weighted by Gasteiger charge is -2.31. The summed E-state index contributed by atoms with van der Waals surface area (Å²) < 4.78 is 26.4. The molecule has 0 saturated carbocycles. The second kappa shape index (κ2) is 14.6. The van der Waals surface area contributed by atoms with Crippen molar-refractivity contribution in [3.8, 4) is 0 Å². The quantitative estimate of drug-likeness (QED) is 0.301. The summed E-state index contributed by atoms with van der Waals surface area (Å²) >= 11 is 12.6. The Hall–Kier alpha value is -2.29. The normalized spacial score (nSPS) is 12.2. The molecule has 0 aromatic heterocycles. The Balaban J connectivity index is 2.24. The standard InChI is InChI=1S/C27H37Cl2N3O4S/c1-5-7-17-30-27(34)24(6-2)31(19-21-12-8-9-13-23(21)29)26(33)16-11-18-32(37(4,35)36)25-15-10-14-22(28)20(25)3/h8-10,12-15,24H,5-7,11,16-19H2,1-4H3,(H,30,34). The van der Waals surface area contributed by atoms with Crippen molar-refractivity contribution in [2.45, 2.75) is 65.5 Å². The zero-order valence-corrected chi connectivity index (χ0v) is 24.3. The van der Waals surface area contributed by atoms with Gasteiger partial charge in [0.15, 0.2) is 0 Å². The summed E-state index contributed by atoms with van der Waals surface area (Å²) in [6.07, 6.45) is 3.70. The van der Waals surface area contributed by atoms with E-state index in [-0.39, 0.29) is 37.7 Å². The zero-order valence-electron chi connectivity index (χ0n) is 22.0. The number of nitrogens with one attached hydrogen (secondary N) is 1. The van der Waals surface area contributed by atoms with E-state index in [4.69, 9.17) is 23.2 Å². The molecule has 1 N–H and O–H groups in total. The maximum atomic E-state index is 13.5. The molecule has 1 unspecified atom stereocenters. The number of sulfonamides is 1. The lowest BCUT2D eigenvalue weighted by atomic mass is 10.1. The average Bonchev–Trinajstić information content (AvgIpc) is 2.84. The van der Waals surface area contributed by atoms with Gasteiger partial charge in [-0.05, 0) is 55.5 Å². The van der Waals surface area contributed by atoms with E-state index >= 15 is 0 Å². The minimum absolute atomic E-state index is 0.0643. The number of carbonyl (C=O) groups is 2. The molecule has 0 radical (unpaired) electrons. The Kier molecular flexibility index (Phi) is 12.2. The van der Waals surface area contributed by atoms with Crippen LogP contribution >= 0.6 is 23.2 Å². The lowest BCUT2D eigenvalue weighted by Crippen LogP contribution is -2.49. The molecule has 0 spiro atoms. The fraction of sp³-hybridized carbons (Fsp3) is 0.481. The molecule has 7 nitrogen and oxygen atoms in total. The van der Waals surface area contributed by atoms with E-state index in [1.807, 2.05) is 32.0 Å². The van der Waals surface area contributed by atoms with Crippen LogP contribution in [0.4, 0.5) is 5.69 Å². The van der Waals surface area contributed by atoms with Gasteiger partial charge in [-0.1, -0.05) is 67.7 Å². The molecule has 0 heterocycles. The first kappa shape index (κ1) is 30.9. The number of carbonyl (C=O) groups excluding carboxylic acids is 2. The number of amides is 2. The molecule has 0 fully saturated rings. The van der Waals surface area contributed by atoms with Crippen LogP contribution in [0.5, 0.6) is 0 Å². The van der Waals surface area contributed by atoms with E-state index in [9.17, 15) is 18.0 Å². The van der Waals surface area contributed by atoms with Crippen molar-refractivity contribution in [2.75, 3.05) is 23.7 Å². The predicted molar refractivity (Wildman–Crippen MR) is 152 cm³/mol. The molecule has 0 aliphatic rings. The molecule has 10 heteroatoms. The topological polar surface area (TPSA) is 86.8 Å². The second-order valence-electron chi connectivity index (χ2n) is 9.00. The van der Waals surface area contributed by atoms with Gasteiger partial charge in [0.25, 0.3) is 0 Å². The molecule has 2 aromatic rings. The van der Waals surface area contributed by atoms with Gasteiger partial charge in [0.1, 0.15) is 6.04 Å². The summed E-state index contributed by atoms with van der Waals surface area (Å²) in [5.41, 5.74) is 1.87. The molecule has 204 valence electrons. The van der Waals surface area contributed by atoms with Crippen molar-refractivity contribution in [3.05, 3.63) is 63.6 Å². The fourth-order valence-electron chi connectivity index (χ4n) is 4.08. The van der Waals surface area contributed by atoms with Gasteiger partial charge < -0.3 is 10.2 Å². The van der Waals surface area contributed by atoms with E-state index < -0.39 is 16.1 Å². The summed E-state index contributed by atoms with van der Waals surface area (Å²) in [6.45, 7) is 6.50. The first-order chi connectivity index (χ1) is 17.5. The third-order valence-corrected chi connectivity index (χ3v) is 8.13. The summed E-state index contributed by atoms with van der Waals surface area (Å²) in [7, 11) is -3.61. The minimum atomic E-state index is -3.61. The summed E-state index contributed by atoms with van der Waals surface area (Å²) in [4.78, 5) is 28.0. The lowest BCUT2D eigenvalue weighted by molar-refractivity contribution is -0.141. The van der Waals surface area contributed by atoms with Crippen molar-refractivity contribution in [2.24, 2.45) is 0 Å². The van der Waals surface area contributed by atoms with Crippen LogP contribution in [0.1, 0.15) is 57.1 Å². The maximum absolute atomic E-state index is 13.5. The van der Waals surface area contributed by atoms with Crippen LogP contribution < -0.4 is 9.62 Å². The summed E-state index contributed by atoms with van der Waals surface area (Å²) in [5.74, 6) is -0.447. The molecule has 0 saturated heterocycles. The van der Waals surface area contributed by atoms with Gasteiger partial charge in [-0.15, -0.1) is 0 Å². The van der Waals surface area contributed by atoms with E-state index in [0.29, 0.717) is 34.3 Å². The number of hydrogen-bond donors (Lipinski definition) is 1. The molecule has 2 rings (SSSR count). The van der Waals surface area contributed by atoms with Gasteiger partial charge in [-0.2, -0.15) is 0 Å². The van der Waals surface area contributed by atoms with E-state index in [1.165, 1.54) is 4.31 Å². The van der Waals surface area contributed by atoms with Crippen LogP contribution in [0.3, 0.4) is 0 Å². The molecular formula is C27H37Cl2N3O4S. The first-order valence-corrected chi connectivity index (χ1v) is 15.1. The Labute approximate surface area is 231 Å². The number of hydrogen-bond acceptors (Lipinski definition) is 4. The van der Waals surface area contributed by atoms with Gasteiger partial charge in [-0.3, -0.25) is 13.9 Å². The molecule has 37 heavy (non-hydrogen) atoms. The summed E-state index contributed by atoms with van der Waals surface area (Å²) in [6, 6.07) is 11.7. The first-order valence-electron chi connectivity index (χ1n) is 12.5. The third-order valence-electron chi connectivity index (χ3n) is 6.17. The highest BCUT2D eigenvalue weighted by molar-refractivity contribution is 7.92.